The van der Waals surface area contributed by atoms with Gasteiger partial charge in [-0.2, -0.15) is 9.98 Å². The minimum absolute atomic E-state index is 0.663. The van der Waals surface area contributed by atoms with Crippen molar-refractivity contribution in [1.29, 1.82) is 0 Å². The first-order valence-corrected chi connectivity index (χ1v) is 12.1. The SMILES string of the molecule is CCCCCCCCCCCCC1=NC2=C(Br)C=C(Br)C3=NC(C)=NC(=N1)N32. The molecule has 0 fully saturated rings. The van der Waals surface area contributed by atoms with E-state index in [-0.39, 0.29) is 0 Å². The highest BCUT2D eigenvalue weighted by Crippen LogP contribution is 2.34. The van der Waals surface area contributed by atoms with Gasteiger partial charge in [-0.25, -0.2) is 14.9 Å². The maximum atomic E-state index is 4.77. The molecule has 0 unspecified atom stereocenters. The Labute approximate surface area is 185 Å². The molecule has 0 bridgehead atoms. The van der Waals surface area contributed by atoms with Crippen LogP contribution in [0.1, 0.15) is 84.5 Å². The monoisotopic (exact) mass is 509 g/mol. The van der Waals surface area contributed by atoms with E-state index in [0.29, 0.717) is 11.8 Å². The molecule has 28 heavy (non-hydrogen) atoms. The van der Waals surface area contributed by atoms with Crippen LogP contribution in [0.4, 0.5) is 0 Å². The second kappa shape index (κ2) is 10.6. The standard InChI is InChI=1S/C21H29Br2N5/c1-3-4-5-6-7-8-9-10-11-12-13-18-26-20-17(23)14-16(22)19-24-15(2)25-21(27-18)28(19)20/h14H,3-13H2,1-2H3. The topological polar surface area (TPSA) is 52.7 Å². The number of nitrogens with zero attached hydrogens (tertiary/aromatic N) is 5. The number of amidine groups is 3. The summed E-state index contributed by atoms with van der Waals surface area (Å²) >= 11 is 7.20. The van der Waals surface area contributed by atoms with Gasteiger partial charge in [0.1, 0.15) is 11.7 Å². The first-order valence-electron chi connectivity index (χ1n) is 10.5. The van der Waals surface area contributed by atoms with Gasteiger partial charge < -0.3 is 0 Å². The van der Waals surface area contributed by atoms with Crippen LogP contribution in [0.3, 0.4) is 0 Å². The van der Waals surface area contributed by atoms with E-state index < -0.39 is 0 Å². The summed E-state index contributed by atoms with van der Waals surface area (Å²) in [5.74, 6) is 3.86. The maximum Gasteiger partial charge on any atom is 0.240 e. The fourth-order valence-corrected chi connectivity index (χ4v) is 4.84. The van der Waals surface area contributed by atoms with Gasteiger partial charge in [-0.1, -0.05) is 64.7 Å². The van der Waals surface area contributed by atoms with Crippen molar-refractivity contribution in [3.05, 3.63) is 20.9 Å². The number of halogens is 2. The van der Waals surface area contributed by atoms with Crippen molar-refractivity contribution >= 4 is 55.3 Å². The van der Waals surface area contributed by atoms with Gasteiger partial charge in [-0.3, -0.25) is 0 Å². The summed E-state index contributed by atoms with van der Waals surface area (Å²) in [6, 6.07) is 0. The van der Waals surface area contributed by atoms with Crippen LogP contribution < -0.4 is 0 Å². The Kier molecular flexibility index (Phi) is 8.21. The number of unbranched alkanes of at least 4 members (excludes halogenated alkanes) is 9. The van der Waals surface area contributed by atoms with Crippen molar-refractivity contribution in [2.75, 3.05) is 0 Å². The van der Waals surface area contributed by atoms with E-state index >= 15 is 0 Å². The molecule has 3 aliphatic rings. The molecule has 152 valence electrons. The lowest BCUT2D eigenvalue weighted by Gasteiger charge is -2.33. The average molecular weight is 511 g/mol. The Bertz CT molecular complexity index is 774. The molecular formula is C21H29Br2N5. The van der Waals surface area contributed by atoms with Gasteiger partial charge in [-0.15, -0.1) is 0 Å². The van der Waals surface area contributed by atoms with E-state index in [1.165, 1.54) is 57.8 Å². The molecule has 3 aliphatic heterocycles. The summed E-state index contributed by atoms with van der Waals surface area (Å²) < 4.78 is 1.82. The molecule has 0 amide bonds. The molecule has 0 saturated heterocycles. The lowest BCUT2D eigenvalue weighted by molar-refractivity contribution is 0.558. The first kappa shape index (κ1) is 21.6. The van der Waals surface area contributed by atoms with Gasteiger partial charge in [-0.05, 0) is 51.3 Å². The third-order valence-electron chi connectivity index (χ3n) is 5.05. The van der Waals surface area contributed by atoms with Crippen molar-refractivity contribution in [1.82, 2.24) is 4.90 Å². The van der Waals surface area contributed by atoms with Crippen LogP contribution in [0.25, 0.3) is 0 Å². The molecule has 0 atom stereocenters. The zero-order valence-electron chi connectivity index (χ0n) is 16.8. The summed E-state index contributed by atoms with van der Waals surface area (Å²) in [4.78, 5) is 20.4. The molecule has 3 rings (SSSR count). The summed E-state index contributed by atoms with van der Waals surface area (Å²) in [7, 11) is 0. The predicted molar refractivity (Wildman–Crippen MR) is 127 cm³/mol. The van der Waals surface area contributed by atoms with E-state index in [1.807, 2.05) is 17.9 Å². The molecule has 0 spiro atoms. The average Bonchev–Trinajstić information content (AvgIpc) is 2.67. The maximum absolute atomic E-state index is 4.77. The number of hydrogen-bond acceptors (Lipinski definition) is 5. The van der Waals surface area contributed by atoms with Gasteiger partial charge >= 0.3 is 0 Å². The third kappa shape index (κ3) is 5.50. The van der Waals surface area contributed by atoms with E-state index in [1.54, 1.807) is 0 Å². The van der Waals surface area contributed by atoms with Crippen LogP contribution in [-0.2, 0) is 0 Å². The van der Waals surface area contributed by atoms with Gasteiger partial charge in [0.2, 0.25) is 5.96 Å². The molecule has 5 nitrogen and oxygen atoms in total. The molecule has 7 heteroatoms. The Hall–Kier alpha value is -1.08. The van der Waals surface area contributed by atoms with E-state index in [4.69, 9.17) is 9.98 Å². The number of guanidine groups is 1. The molecule has 0 aromatic rings. The zero-order valence-corrected chi connectivity index (χ0v) is 20.0. The van der Waals surface area contributed by atoms with Gasteiger partial charge in [0.05, 0.1) is 8.96 Å². The molecule has 0 aliphatic carbocycles. The largest absolute Gasteiger partial charge is 0.244 e. The first-order chi connectivity index (χ1) is 13.6. The normalized spacial score (nSPS) is 18.3. The quantitative estimate of drug-likeness (QED) is 0.274. The smallest absolute Gasteiger partial charge is 0.240 e. The Morgan fingerprint density at radius 1 is 0.821 bits per heavy atom. The van der Waals surface area contributed by atoms with Crippen molar-refractivity contribution < 1.29 is 0 Å². The number of rotatable bonds is 11. The van der Waals surface area contributed by atoms with Crippen molar-refractivity contribution in [2.24, 2.45) is 20.0 Å². The molecule has 0 saturated carbocycles. The Morgan fingerprint density at radius 2 is 1.46 bits per heavy atom. The van der Waals surface area contributed by atoms with Crippen LogP contribution >= 0.6 is 31.9 Å². The minimum atomic E-state index is 0.663. The Morgan fingerprint density at radius 3 is 2.14 bits per heavy atom. The van der Waals surface area contributed by atoms with Crippen molar-refractivity contribution in [3.63, 3.8) is 0 Å². The van der Waals surface area contributed by atoms with E-state index in [9.17, 15) is 0 Å². The van der Waals surface area contributed by atoms with Crippen LogP contribution in [0.2, 0.25) is 0 Å². The number of hydrogen-bond donors (Lipinski definition) is 0. The highest BCUT2D eigenvalue weighted by molar-refractivity contribution is 9.12. The molecule has 3 heterocycles. The van der Waals surface area contributed by atoms with E-state index in [2.05, 4.69) is 48.8 Å². The van der Waals surface area contributed by atoms with Gasteiger partial charge in [0, 0.05) is 6.42 Å². The van der Waals surface area contributed by atoms with Crippen LogP contribution in [0.15, 0.2) is 40.8 Å². The highest BCUT2D eigenvalue weighted by Gasteiger charge is 2.34. The van der Waals surface area contributed by atoms with Crippen molar-refractivity contribution in [3.8, 4) is 0 Å². The summed E-state index contributed by atoms with van der Waals surface area (Å²) in [6.07, 6.45) is 16.2. The zero-order chi connectivity index (χ0) is 19.9. The second-order valence-electron chi connectivity index (χ2n) is 7.47. The third-order valence-corrected chi connectivity index (χ3v) is 6.22. The number of allylic oxidation sites excluding steroid dienone is 2. The summed E-state index contributed by atoms with van der Waals surface area (Å²) in [5, 5.41) is 0. The summed E-state index contributed by atoms with van der Waals surface area (Å²) in [5.41, 5.74) is 0. The second-order valence-corrected chi connectivity index (χ2v) is 9.17. The van der Waals surface area contributed by atoms with Gasteiger partial charge in [0.25, 0.3) is 0 Å². The lowest BCUT2D eigenvalue weighted by atomic mass is 10.1. The summed E-state index contributed by atoms with van der Waals surface area (Å²) in [6.45, 7) is 4.17. The Balaban J connectivity index is 1.49. The molecule has 0 N–H and O–H groups in total. The molecule has 0 aromatic heterocycles. The lowest BCUT2D eigenvalue weighted by Crippen LogP contribution is -2.42. The molecule has 0 aromatic carbocycles. The fraction of sp³-hybridized carbons (Fsp3) is 0.619. The van der Waals surface area contributed by atoms with Crippen molar-refractivity contribution in [2.45, 2.75) is 84.5 Å². The molecular weight excluding hydrogens is 482 g/mol. The van der Waals surface area contributed by atoms with Crippen LogP contribution in [0, 0.1) is 0 Å². The van der Waals surface area contributed by atoms with E-state index in [0.717, 1.165) is 39.3 Å². The van der Waals surface area contributed by atoms with Crippen LogP contribution in [0.5, 0.6) is 0 Å². The van der Waals surface area contributed by atoms with Gasteiger partial charge in [0.15, 0.2) is 11.7 Å². The highest BCUT2D eigenvalue weighted by atomic mass is 79.9. The number of aliphatic imine (C=N–C) groups is 4. The minimum Gasteiger partial charge on any atom is -0.244 e. The predicted octanol–water partition coefficient (Wildman–Crippen LogP) is 7.05. The molecule has 0 radical (unpaired) electrons. The fourth-order valence-electron chi connectivity index (χ4n) is 3.54. The van der Waals surface area contributed by atoms with Crippen LogP contribution in [-0.4, -0.2) is 28.4 Å².